The molecule has 1 aromatic carbocycles. The van der Waals surface area contributed by atoms with Gasteiger partial charge in [-0.2, -0.15) is 5.06 Å². The highest BCUT2D eigenvalue weighted by Gasteiger charge is 2.15. The number of hydrogen-bond acceptors (Lipinski definition) is 2. The first-order valence-corrected chi connectivity index (χ1v) is 6.55. The third kappa shape index (κ3) is 4.75. The topological polar surface area (TPSA) is 41.6 Å². The van der Waals surface area contributed by atoms with Crippen LogP contribution >= 0.6 is 0 Å². The van der Waals surface area contributed by atoms with E-state index in [1.807, 2.05) is 37.3 Å². The molecular formula is C14H22N2O2. The number of urea groups is 1. The van der Waals surface area contributed by atoms with E-state index in [-0.39, 0.29) is 6.03 Å². The van der Waals surface area contributed by atoms with Gasteiger partial charge in [0, 0.05) is 6.54 Å². The Morgan fingerprint density at radius 3 is 2.56 bits per heavy atom. The van der Waals surface area contributed by atoms with Crippen molar-refractivity contribution in [2.75, 3.05) is 18.2 Å². The second-order valence-corrected chi connectivity index (χ2v) is 4.05. The van der Waals surface area contributed by atoms with Crippen LogP contribution in [-0.2, 0) is 4.84 Å². The average molecular weight is 250 g/mol. The molecule has 0 spiro atoms. The number of hydrogen-bond donors (Lipinski definition) is 1. The molecule has 0 aliphatic rings. The minimum Gasteiger partial charge on any atom is -0.336 e. The lowest BCUT2D eigenvalue weighted by Gasteiger charge is -2.22. The summed E-state index contributed by atoms with van der Waals surface area (Å²) in [5.74, 6) is 0. The predicted molar refractivity (Wildman–Crippen MR) is 73.5 cm³/mol. The molecule has 1 aromatic rings. The molecule has 1 rings (SSSR count). The molecule has 0 fully saturated rings. The van der Waals surface area contributed by atoms with E-state index in [1.54, 1.807) is 0 Å². The number of nitrogens with one attached hydrogen (secondary N) is 1. The molecule has 4 nitrogen and oxygen atoms in total. The smallest absolute Gasteiger partial charge is 0.336 e. The third-order valence-corrected chi connectivity index (χ3v) is 2.41. The Morgan fingerprint density at radius 2 is 1.94 bits per heavy atom. The van der Waals surface area contributed by atoms with Crippen molar-refractivity contribution in [2.24, 2.45) is 0 Å². The SMILES string of the molecule is CCCCNC(=O)N(OCCC)c1ccccc1. The number of carbonyl (C=O) groups excluding carboxylic acids is 1. The van der Waals surface area contributed by atoms with Gasteiger partial charge in [-0.05, 0) is 25.0 Å². The van der Waals surface area contributed by atoms with E-state index in [4.69, 9.17) is 4.84 Å². The fourth-order valence-electron chi connectivity index (χ4n) is 1.44. The zero-order chi connectivity index (χ0) is 13.2. The molecule has 0 aromatic heterocycles. The summed E-state index contributed by atoms with van der Waals surface area (Å²) < 4.78 is 0. The number of para-hydroxylation sites is 1. The number of anilines is 1. The van der Waals surface area contributed by atoms with Crippen molar-refractivity contribution < 1.29 is 9.63 Å². The molecule has 0 atom stereocenters. The van der Waals surface area contributed by atoms with Gasteiger partial charge < -0.3 is 5.32 Å². The molecule has 0 radical (unpaired) electrons. The molecule has 0 heterocycles. The monoisotopic (exact) mass is 250 g/mol. The third-order valence-electron chi connectivity index (χ3n) is 2.41. The standard InChI is InChI=1S/C14H22N2O2/c1-3-5-11-15-14(17)16(18-12-4-2)13-9-7-6-8-10-13/h6-10H,3-5,11-12H2,1-2H3,(H,15,17). The van der Waals surface area contributed by atoms with E-state index in [0.29, 0.717) is 13.2 Å². The van der Waals surface area contributed by atoms with Gasteiger partial charge in [-0.15, -0.1) is 0 Å². The predicted octanol–water partition coefficient (Wildman–Crippen LogP) is 3.34. The molecule has 0 aliphatic heterocycles. The molecule has 2 amide bonds. The number of amides is 2. The van der Waals surface area contributed by atoms with Crippen molar-refractivity contribution in [2.45, 2.75) is 33.1 Å². The maximum absolute atomic E-state index is 12.0. The normalized spacial score (nSPS) is 10.1. The summed E-state index contributed by atoms with van der Waals surface area (Å²) in [6, 6.07) is 9.19. The van der Waals surface area contributed by atoms with Crippen LogP contribution in [0.15, 0.2) is 30.3 Å². The van der Waals surface area contributed by atoms with E-state index in [9.17, 15) is 4.79 Å². The molecule has 0 aliphatic carbocycles. The minimum absolute atomic E-state index is 0.205. The zero-order valence-corrected chi connectivity index (χ0v) is 11.2. The van der Waals surface area contributed by atoms with Gasteiger partial charge in [0.25, 0.3) is 0 Å². The van der Waals surface area contributed by atoms with Crippen molar-refractivity contribution in [1.29, 1.82) is 0 Å². The van der Waals surface area contributed by atoms with Crippen LogP contribution in [0.3, 0.4) is 0 Å². The van der Waals surface area contributed by atoms with Gasteiger partial charge in [0.2, 0.25) is 0 Å². The van der Waals surface area contributed by atoms with Crippen LogP contribution in [0.5, 0.6) is 0 Å². The maximum Gasteiger partial charge on any atom is 0.346 e. The van der Waals surface area contributed by atoms with Gasteiger partial charge in [-0.1, -0.05) is 38.5 Å². The van der Waals surface area contributed by atoms with Crippen LogP contribution in [0.4, 0.5) is 10.5 Å². The van der Waals surface area contributed by atoms with Crippen LogP contribution in [0.2, 0.25) is 0 Å². The van der Waals surface area contributed by atoms with Crippen LogP contribution in [0, 0.1) is 0 Å². The average Bonchev–Trinajstić information content (AvgIpc) is 2.41. The van der Waals surface area contributed by atoms with E-state index < -0.39 is 0 Å². The zero-order valence-electron chi connectivity index (χ0n) is 11.2. The molecule has 100 valence electrons. The largest absolute Gasteiger partial charge is 0.346 e. The highest BCUT2D eigenvalue weighted by molar-refractivity contribution is 5.89. The number of benzene rings is 1. The summed E-state index contributed by atoms with van der Waals surface area (Å²) in [6.07, 6.45) is 2.90. The second kappa shape index (κ2) is 8.53. The quantitative estimate of drug-likeness (QED) is 0.595. The number of unbranched alkanes of at least 4 members (excludes halogenated alkanes) is 1. The van der Waals surface area contributed by atoms with Crippen LogP contribution in [-0.4, -0.2) is 19.2 Å². The fourth-order valence-corrected chi connectivity index (χ4v) is 1.44. The Kier molecular flexibility index (Phi) is 6.87. The summed E-state index contributed by atoms with van der Waals surface area (Å²) >= 11 is 0. The van der Waals surface area contributed by atoms with Gasteiger partial charge in [0.1, 0.15) is 0 Å². The van der Waals surface area contributed by atoms with Crippen molar-refractivity contribution >= 4 is 11.7 Å². The van der Waals surface area contributed by atoms with E-state index in [2.05, 4.69) is 12.2 Å². The summed E-state index contributed by atoms with van der Waals surface area (Å²) in [7, 11) is 0. The fraction of sp³-hybridized carbons (Fsp3) is 0.500. The number of rotatable bonds is 7. The van der Waals surface area contributed by atoms with Gasteiger partial charge in [0.05, 0.1) is 12.3 Å². The second-order valence-electron chi connectivity index (χ2n) is 4.05. The van der Waals surface area contributed by atoms with Gasteiger partial charge in [0.15, 0.2) is 0 Å². The summed E-state index contributed by atoms with van der Waals surface area (Å²) in [4.78, 5) is 17.5. The van der Waals surface area contributed by atoms with Crippen LogP contribution in [0.1, 0.15) is 33.1 Å². The van der Waals surface area contributed by atoms with Crippen molar-refractivity contribution in [1.82, 2.24) is 5.32 Å². The number of nitrogens with zero attached hydrogens (tertiary/aromatic N) is 1. The molecule has 0 unspecified atom stereocenters. The summed E-state index contributed by atoms with van der Waals surface area (Å²) in [5.41, 5.74) is 0.750. The molecule has 0 saturated carbocycles. The molecule has 0 bridgehead atoms. The van der Waals surface area contributed by atoms with Crippen molar-refractivity contribution in [3.63, 3.8) is 0 Å². The molecule has 1 N–H and O–H groups in total. The van der Waals surface area contributed by atoms with E-state index in [0.717, 1.165) is 24.9 Å². The van der Waals surface area contributed by atoms with E-state index >= 15 is 0 Å². The first-order chi connectivity index (χ1) is 8.79. The highest BCUT2D eigenvalue weighted by atomic mass is 16.7. The Morgan fingerprint density at radius 1 is 1.22 bits per heavy atom. The maximum atomic E-state index is 12.0. The van der Waals surface area contributed by atoms with Crippen LogP contribution < -0.4 is 10.4 Å². The minimum atomic E-state index is -0.205. The molecule has 4 heteroatoms. The highest BCUT2D eigenvalue weighted by Crippen LogP contribution is 2.14. The number of hydroxylamine groups is 1. The summed E-state index contributed by atoms with van der Waals surface area (Å²) in [6.45, 7) is 5.30. The first-order valence-electron chi connectivity index (χ1n) is 6.55. The van der Waals surface area contributed by atoms with Crippen molar-refractivity contribution in [3.05, 3.63) is 30.3 Å². The Labute approximate surface area is 109 Å². The van der Waals surface area contributed by atoms with Crippen molar-refractivity contribution in [3.8, 4) is 0 Å². The Hall–Kier alpha value is -1.55. The van der Waals surface area contributed by atoms with Crippen LogP contribution in [0.25, 0.3) is 0 Å². The molecular weight excluding hydrogens is 228 g/mol. The Balaban J connectivity index is 2.63. The van der Waals surface area contributed by atoms with Gasteiger partial charge in [-0.3, -0.25) is 4.84 Å². The molecule has 18 heavy (non-hydrogen) atoms. The Bertz CT molecular complexity index is 341. The van der Waals surface area contributed by atoms with Gasteiger partial charge in [-0.25, -0.2) is 4.79 Å². The lowest BCUT2D eigenvalue weighted by molar-refractivity contribution is 0.117. The van der Waals surface area contributed by atoms with E-state index in [1.165, 1.54) is 5.06 Å². The first kappa shape index (κ1) is 14.5. The lowest BCUT2D eigenvalue weighted by atomic mass is 10.3. The lowest BCUT2D eigenvalue weighted by Crippen LogP contribution is -2.40. The van der Waals surface area contributed by atoms with Gasteiger partial charge >= 0.3 is 6.03 Å². The summed E-state index contributed by atoms with van der Waals surface area (Å²) in [5, 5.41) is 4.19. The number of carbonyl (C=O) groups is 1. The molecule has 0 saturated heterocycles.